The van der Waals surface area contributed by atoms with Crippen LogP contribution < -0.4 is 5.73 Å². The molecule has 0 spiro atoms. The van der Waals surface area contributed by atoms with Gasteiger partial charge in [0.05, 0.1) is 11.7 Å². The maximum absolute atomic E-state index is 13.0. The van der Waals surface area contributed by atoms with Crippen molar-refractivity contribution in [3.63, 3.8) is 0 Å². The number of aryl methyl sites for hydroxylation is 2. The van der Waals surface area contributed by atoms with Crippen LogP contribution in [-0.4, -0.2) is 70.9 Å². The molecule has 0 bridgehead atoms. The topological polar surface area (TPSA) is 82.8 Å². The van der Waals surface area contributed by atoms with Crippen molar-refractivity contribution in [3.8, 4) is 0 Å². The van der Waals surface area contributed by atoms with Crippen LogP contribution in [0.5, 0.6) is 0 Å². The van der Waals surface area contributed by atoms with Crippen molar-refractivity contribution in [3.05, 3.63) is 60.7 Å². The van der Waals surface area contributed by atoms with Gasteiger partial charge in [0.1, 0.15) is 0 Å². The van der Waals surface area contributed by atoms with E-state index in [0.29, 0.717) is 38.5 Å². The summed E-state index contributed by atoms with van der Waals surface area (Å²) in [5, 5.41) is 0.744. The molecule has 2 aromatic rings. The lowest BCUT2D eigenvalue weighted by Crippen LogP contribution is -2.52. The van der Waals surface area contributed by atoms with Crippen LogP contribution in [0.1, 0.15) is 47.7 Å². The van der Waals surface area contributed by atoms with E-state index in [1.807, 2.05) is 17.2 Å². The number of hydrogen-bond acceptors (Lipinski definition) is 4. The number of rotatable bonds is 3. The summed E-state index contributed by atoms with van der Waals surface area (Å²) in [5.74, 6) is 0.547. The molecule has 3 amide bonds. The summed E-state index contributed by atoms with van der Waals surface area (Å²) in [4.78, 5) is 35.2. The number of carbonyl (C=O) groups excluding carboxylic acids is 2. The van der Waals surface area contributed by atoms with E-state index in [0.717, 1.165) is 58.4 Å². The molecule has 1 unspecified atom stereocenters. The molecule has 2 saturated heterocycles. The number of piperidine rings is 1. The van der Waals surface area contributed by atoms with Crippen LogP contribution in [0.15, 0.2) is 33.3 Å². The second-order valence-corrected chi connectivity index (χ2v) is 12.2. The fraction of sp³-hybridized carbons (Fsp3) is 0.500. The minimum absolute atomic E-state index is 0.0516. The Kier molecular flexibility index (Phi) is 7.91. The molecule has 5 rings (SSSR count). The number of amides is 3. The quantitative estimate of drug-likeness (QED) is 0.525. The fourth-order valence-electron chi connectivity index (χ4n) is 5.82. The van der Waals surface area contributed by atoms with E-state index in [1.165, 1.54) is 16.7 Å². The van der Waals surface area contributed by atoms with E-state index in [-0.39, 0.29) is 11.9 Å². The molecular formula is C26H30Br2ClN5O2. The molecule has 1 aliphatic carbocycles. The number of benzene rings is 1. The molecule has 10 heteroatoms. The van der Waals surface area contributed by atoms with E-state index in [2.05, 4.69) is 48.9 Å². The van der Waals surface area contributed by atoms with E-state index >= 15 is 0 Å². The predicted octanol–water partition coefficient (Wildman–Crippen LogP) is 4.77. The Morgan fingerprint density at radius 1 is 0.972 bits per heavy atom. The van der Waals surface area contributed by atoms with Crippen molar-refractivity contribution in [1.82, 2.24) is 19.7 Å². The molecule has 0 radical (unpaired) electrons. The Balaban J connectivity index is 1.30. The molecular weight excluding hydrogens is 610 g/mol. The Hall–Kier alpha value is -1.68. The average Bonchev–Trinajstić information content (AvgIpc) is 3.01. The number of pyridine rings is 1. The van der Waals surface area contributed by atoms with Gasteiger partial charge in [-0.15, -0.1) is 0 Å². The number of fused-ring (bicyclic) bond motifs is 2. The molecule has 2 N–H and O–H groups in total. The highest BCUT2D eigenvalue weighted by molar-refractivity contribution is 9.10. The number of nitrogens with two attached hydrogens (primary N) is 1. The Morgan fingerprint density at radius 3 is 2.33 bits per heavy atom. The first-order valence-corrected chi connectivity index (χ1v) is 14.4. The average molecular weight is 640 g/mol. The number of primary amides is 1. The van der Waals surface area contributed by atoms with Crippen LogP contribution in [0.25, 0.3) is 0 Å². The van der Waals surface area contributed by atoms with Crippen LogP contribution in [0.3, 0.4) is 0 Å². The van der Waals surface area contributed by atoms with Gasteiger partial charge >= 0.3 is 6.03 Å². The Bertz CT molecular complexity index is 1160. The monoisotopic (exact) mass is 637 g/mol. The van der Waals surface area contributed by atoms with Gasteiger partial charge in [0.15, 0.2) is 0 Å². The van der Waals surface area contributed by atoms with Crippen molar-refractivity contribution in [2.24, 2.45) is 11.7 Å². The van der Waals surface area contributed by atoms with Gasteiger partial charge in [-0.3, -0.25) is 14.7 Å². The van der Waals surface area contributed by atoms with Crippen molar-refractivity contribution >= 4 is 55.4 Å². The summed E-state index contributed by atoms with van der Waals surface area (Å²) in [6, 6.07) is 5.92. The molecule has 1 aromatic heterocycles. The summed E-state index contributed by atoms with van der Waals surface area (Å²) in [5.41, 5.74) is 10.3. The van der Waals surface area contributed by atoms with Crippen molar-refractivity contribution in [2.75, 3.05) is 39.3 Å². The van der Waals surface area contributed by atoms with Crippen LogP contribution in [0, 0.1) is 5.92 Å². The zero-order valence-electron chi connectivity index (χ0n) is 20.1. The molecule has 1 aromatic carbocycles. The van der Waals surface area contributed by atoms with Gasteiger partial charge in [-0.2, -0.15) is 0 Å². The summed E-state index contributed by atoms with van der Waals surface area (Å²) >= 11 is 13.8. The number of nitrogens with zero attached hydrogens (tertiary/aromatic N) is 4. The highest BCUT2D eigenvalue weighted by atomic mass is 79.9. The lowest BCUT2D eigenvalue weighted by Gasteiger charge is -2.39. The minimum atomic E-state index is -0.410. The number of urea groups is 1. The Labute approximate surface area is 233 Å². The molecule has 192 valence electrons. The standard InChI is InChI=1S/C26H30Br2ClN5O2/c27-19-12-18-2-1-17-13-20(29)14-21(28)23(17)25(24(18)31-15-19)33-5-3-16(4-6-33)11-22(35)32-7-9-34(10-8-32)26(30)36/h12-16,25H,1-11H2,(H2,30,36). The van der Waals surface area contributed by atoms with Crippen molar-refractivity contribution < 1.29 is 9.59 Å². The van der Waals surface area contributed by atoms with Crippen LogP contribution in [-0.2, 0) is 17.6 Å². The number of hydrogen-bond donors (Lipinski definition) is 1. The first-order valence-electron chi connectivity index (χ1n) is 12.5. The van der Waals surface area contributed by atoms with Gasteiger partial charge in [0.2, 0.25) is 5.91 Å². The number of carbonyl (C=O) groups is 2. The van der Waals surface area contributed by atoms with Gasteiger partial charge in [-0.05, 0) is 95.5 Å². The van der Waals surface area contributed by atoms with Gasteiger partial charge in [0.25, 0.3) is 0 Å². The largest absolute Gasteiger partial charge is 0.351 e. The predicted molar refractivity (Wildman–Crippen MR) is 147 cm³/mol. The van der Waals surface area contributed by atoms with Crippen LogP contribution >= 0.6 is 43.5 Å². The first-order chi connectivity index (χ1) is 17.3. The van der Waals surface area contributed by atoms with E-state index in [4.69, 9.17) is 22.3 Å². The third kappa shape index (κ3) is 5.44. The molecule has 2 aliphatic heterocycles. The molecule has 2 fully saturated rings. The number of halogens is 3. The summed E-state index contributed by atoms with van der Waals surface area (Å²) < 4.78 is 2.02. The molecule has 0 saturated carbocycles. The molecule has 36 heavy (non-hydrogen) atoms. The zero-order valence-corrected chi connectivity index (χ0v) is 24.0. The highest BCUT2D eigenvalue weighted by Crippen LogP contribution is 2.43. The minimum Gasteiger partial charge on any atom is -0.351 e. The number of likely N-dealkylation sites (tertiary alicyclic amines) is 1. The highest BCUT2D eigenvalue weighted by Gasteiger charge is 2.35. The van der Waals surface area contributed by atoms with Gasteiger partial charge < -0.3 is 15.5 Å². The maximum atomic E-state index is 13.0. The smallest absolute Gasteiger partial charge is 0.314 e. The molecule has 1 atom stereocenters. The third-order valence-corrected chi connectivity index (χ3v) is 9.07. The Morgan fingerprint density at radius 2 is 1.64 bits per heavy atom. The molecule has 3 aliphatic rings. The van der Waals surface area contributed by atoms with E-state index < -0.39 is 6.03 Å². The maximum Gasteiger partial charge on any atom is 0.314 e. The van der Waals surface area contributed by atoms with Gasteiger partial charge in [-0.1, -0.05) is 27.5 Å². The normalized spacial score (nSPS) is 21.0. The van der Waals surface area contributed by atoms with E-state index in [9.17, 15) is 9.59 Å². The van der Waals surface area contributed by atoms with Gasteiger partial charge in [-0.25, -0.2) is 4.79 Å². The summed E-state index contributed by atoms with van der Waals surface area (Å²) in [6.45, 7) is 3.97. The van der Waals surface area contributed by atoms with E-state index in [1.54, 1.807) is 4.90 Å². The SMILES string of the molecule is NC(=O)N1CCN(C(=O)CC2CCN(C3c4ncc(Br)cc4CCc4cc(Cl)cc(Br)c43)CC2)CC1. The number of piperazine rings is 1. The lowest BCUT2D eigenvalue weighted by atomic mass is 9.89. The summed E-state index contributed by atoms with van der Waals surface area (Å²) in [7, 11) is 0. The molecule has 3 heterocycles. The first kappa shape index (κ1) is 25.9. The van der Waals surface area contributed by atoms with Gasteiger partial charge in [0, 0.05) is 52.8 Å². The zero-order chi connectivity index (χ0) is 25.4. The number of aromatic nitrogens is 1. The van der Waals surface area contributed by atoms with Crippen molar-refractivity contribution in [2.45, 2.75) is 38.1 Å². The van der Waals surface area contributed by atoms with Crippen molar-refractivity contribution in [1.29, 1.82) is 0 Å². The second-order valence-electron chi connectivity index (χ2n) is 9.95. The van der Waals surface area contributed by atoms with Crippen LogP contribution in [0.2, 0.25) is 5.02 Å². The fourth-order valence-corrected chi connectivity index (χ4v) is 7.29. The van der Waals surface area contributed by atoms with Crippen LogP contribution in [0.4, 0.5) is 4.79 Å². The molecule has 7 nitrogen and oxygen atoms in total. The summed E-state index contributed by atoms with van der Waals surface area (Å²) in [6.07, 6.45) is 6.23. The third-order valence-electron chi connectivity index (χ3n) is 7.77. The lowest BCUT2D eigenvalue weighted by molar-refractivity contribution is -0.134. The second kappa shape index (κ2) is 11.0.